The summed E-state index contributed by atoms with van der Waals surface area (Å²) in [6.07, 6.45) is -37.9. The summed E-state index contributed by atoms with van der Waals surface area (Å²) >= 11 is 0. The molecule has 516 valence electrons. The first-order valence-corrected chi connectivity index (χ1v) is 31.6. The van der Waals surface area contributed by atoms with Crippen LogP contribution in [0.3, 0.4) is 0 Å². The van der Waals surface area contributed by atoms with Crippen LogP contribution in [0.25, 0.3) is 0 Å². The largest absolute Gasteiger partial charge is 0.394 e. The standard InChI is InChI=1S/C60H102O29/c1-23(9-13-35(57(4,5)79)87-55-50(44(74)38(68)29(20-63)84-55)89-54-48(78)49(40(70)30(21-64)83-54)88-53-47(77)42(72)37(67)28(19-62)82-53)24-15-16-58(6)32-12-10-25-26(60(32,8)33(65)17-59(24,58)7)11-14-34(56(25,2)3)86-52-46(76)43(73)39(69)31(85-52)22-80-51-45(75)41(71)36(66)27(18-61)81-51/h10,23-24,26-55,61-79H,9,11-22H2,1-8H3/t23-,24?,26?,27-,28+,29-,30+,31-,32?,33-,34+,35-,36-,37+,38-,39-,40+,41+,42-,43+,44+,45-,46-,47+,48+,49-,50-,51-,52+,53-,54-,55+,58+,59-,60+/m1/s1. The summed E-state index contributed by atoms with van der Waals surface area (Å²) in [5.41, 5.74) is -2.41. The van der Waals surface area contributed by atoms with Crippen LogP contribution in [0, 0.1) is 45.3 Å². The van der Waals surface area contributed by atoms with Crippen LogP contribution in [-0.4, -0.2) is 308 Å². The highest BCUT2D eigenvalue weighted by Gasteiger charge is 2.71. The lowest BCUT2D eigenvalue weighted by Gasteiger charge is -2.67. The third-order valence-corrected chi connectivity index (χ3v) is 22.9. The molecule has 5 aliphatic heterocycles. The highest BCUT2D eigenvalue weighted by atomic mass is 16.8. The Morgan fingerprint density at radius 1 is 0.517 bits per heavy atom. The zero-order valence-corrected chi connectivity index (χ0v) is 51.8. The van der Waals surface area contributed by atoms with Crippen LogP contribution >= 0.6 is 0 Å². The van der Waals surface area contributed by atoms with Crippen molar-refractivity contribution < 1.29 is 144 Å². The van der Waals surface area contributed by atoms with Gasteiger partial charge in [0.25, 0.3) is 0 Å². The van der Waals surface area contributed by atoms with Crippen molar-refractivity contribution in [1.82, 2.24) is 0 Å². The molecule has 3 saturated carbocycles. The van der Waals surface area contributed by atoms with Crippen LogP contribution in [-0.2, 0) is 47.4 Å². The fraction of sp³-hybridized carbons (Fsp3) is 0.967. The minimum Gasteiger partial charge on any atom is -0.394 e. The lowest BCUT2D eigenvalue weighted by molar-refractivity contribution is -0.390. The zero-order chi connectivity index (χ0) is 65.5. The van der Waals surface area contributed by atoms with Gasteiger partial charge >= 0.3 is 0 Å². The quantitative estimate of drug-likeness (QED) is 0.0506. The summed E-state index contributed by atoms with van der Waals surface area (Å²) in [6, 6.07) is 0. The molecule has 35 atom stereocenters. The lowest BCUT2D eigenvalue weighted by Crippen LogP contribution is -2.67. The van der Waals surface area contributed by atoms with Gasteiger partial charge in [-0.15, -0.1) is 0 Å². The minimum absolute atomic E-state index is 0.0193. The predicted octanol–water partition coefficient (Wildman–Crippen LogP) is -5.41. The Morgan fingerprint density at radius 2 is 0.989 bits per heavy atom. The molecule has 19 N–H and O–H groups in total. The SMILES string of the molecule is C[C@H](CC[C@@H](O[C@@H]1O[C@H](CO)[C@@H](O)[C@H](O)[C@H]1O[C@H]1O[C@@H](CO)[C@H](O)[C@@H](O[C@H]2O[C@@H](CO)[C@H](O)[C@@H](O)[C@@H]2O)[C@@H]1O)C(C)(C)O)C1CC[C@@]2(C)C3CC=C4C(CC[C@H](O[C@@H]5O[C@H](CO[C@@H]6O[C@H](CO)[C@@H](O)[C@H](O)[C@H]6O)[C@@H](O)[C@H](O)[C@H]5O)C4(C)C)[C@]3(C)[C@H](O)C[C@]12C. The maximum absolute atomic E-state index is 12.8. The maximum atomic E-state index is 12.8. The summed E-state index contributed by atoms with van der Waals surface area (Å²) in [7, 11) is 0. The molecule has 0 aromatic heterocycles. The fourth-order valence-electron chi connectivity index (χ4n) is 17.1. The van der Waals surface area contributed by atoms with Crippen LogP contribution in [0.15, 0.2) is 11.6 Å². The average molecular weight is 1290 g/mol. The number of allylic oxidation sites excluding steroid dienone is 1. The summed E-state index contributed by atoms with van der Waals surface area (Å²) in [6.45, 7) is 12.4. The number of aliphatic hydroxyl groups is 19. The second-order valence-corrected chi connectivity index (χ2v) is 28.7. The molecule has 5 saturated heterocycles. The van der Waals surface area contributed by atoms with E-state index in [2.05, 4.69) is 33.8 Å². The van der Waals surface area contributed by atoms with Crippen LogP contribution < -0.4 is 0 Å². The molecule has 0 amide bonds. The molecule has 0 aromatic carbocycles. The van der Waals surface area contributed by atoms with Gasteiger partial charge in [-0.3, -0.25) is 0 Å². The molecule has 3 unspecified atom stereocenters. The van der Waals surface area contributed by atoms with Crippen molar-refractivity contribution in [3.63, 3.8) is 0 Å². The molecular weight excluding hydrogens is 1180 g/mol. The van der Waals surface area contributed by atoms with E-state index in [0.717, 1.165) is 18.4 Å². The number of ether oxygens (including phenoxy) is 10. The number of rotatable bonds is 20. The second-order valence-electron chi connectivity index (χ2n) is 28.7. The molecule has 9 aliphatic rings. The zero-order valence-electron chi connectivity index (χ0n) is 51.8. The van der Waals surface area contributed by atoms with Crippen LogP contribution in [0.2, 0.25) is 0 Å². The molecule has 0 aromatic rings. The Kier molecular flexibility index (Phi) is 22.3. The van der Waals surface area contributed by atoms with Crippen molar-refractivity contribution in [1.29, 1.82) is 0 Å². The Hall–Kier alpha value is -1.42. The van der Waals surface area contributed by atoms with Crippen molar-refractivity contribution in [2.24, 2.45) is 45.3 Å². The van der Waals surface area contributed by atoms with E-state index in [-0.39, 0.29) is 40.9 Å². The van der Waals surface area contributed by atoms with E-state index in [1.54, 1.807) is 0 Å². The Labute approximate surface area is 517 Å². The van der Waals surface area contributed by atoms with Gasteiger partial charge < -0.3 is 144 Å². The Balaban J connectivity index is 0.867. The lowest BCUT2D eigenvalue weighted by atomic mass is 9.38. The molecule has 9 rings (SSSR count). The molecule has 0 spiro atoms. The molecule has 29 heteroatoms. The molecule has 89 heavy (non-hydrogen) atoms. The summed E-state index contributed by atoms with van der Waals surface area (Å²) in [5, 5.41) is 206. The van der Waals surface area contributed by atoms with Crippen molar-refractivity contribution in [2.45, 2.75) is 284 Å². The van der Waals surface area contributed by atoms with Crippen LogP contribution in [0.5, 0.6) is 0 Å². The third-order valence-electron chi connectivity index (χ3n) is 22.9. The van der Waals surface area contributed by atoms with Crippen molar-refractivity contribution >= 4 is 0 Å². The minimum atomic E-state index is -2.04. The summed E-state index contributed by atoms with van der Waals surface area (Å²) in [5.74, 6) is 0.0330. The topological polar surface area (TPSA) is 477 Å². The van der Waals surface area contributed by atoms with E-state index >= 15 is 0 Å². The van der Waals surface area contributed by atoms with Gasteiger partial charge in [-0.1, -0.05) is 53.2 Å². The summed E-state index contributed by atoms with van der Waals surface area (Å²) < 4.78 is 59.3. The molecule has 8 fully saturated rings. The van der Waals surface area contributed by atoms with Gasteiger partial charge in [0.1, 0.15) is 122 Å². The predicted molar refractivity (Wildman–Crippen MR) is 300 cm³/mol. The molecule has 0 bridgehead atoms. The van der Waals surface area contributed by atoms with Gasteiger partial charge in [-0.25, -0.2) is 0 Å². The highest BCUT2D eigenvalue weighted by molar-refractivity contribution is 5.32. The van der Waals surface area contributed by atoms with E-state index in [1.807, 2.05) is 13.8 Å². The molecule has 0 radical (unpaired) electrons. The van der Waals surface area contributed by atoms with E-state index in [0.29, 0.717) is 32.1 Å². The first kappa shape index (κ1) is 71.9. The Bertz CT molecular complexity index is 2350. The Morgan fingerprint density at radius 3 is 1.55 bits per heavy atom. The van der Waals surface area contributed by atoms with Gasteiger partial charge in [-0.05, 0) is 99.7 Å². The van der Waals surface area contributed by atoms with E-state index in [4.69, 9.17) is 47.4 Å². The molecule has 29 nitrogen and oxygen atoms in total. The highest BCUT2D eigenvalue weighted by Crippen LogP contribution is 2.75. The first-order chi connectivity index (χ1) is 41.7. The second kappa shape index (κ2) is 27.6. The maximum Gasteiger partial charge on any atom is 0.187 e. The van der Waals surface area contributed by atoms with E-state index < -0.39 is 221 Å². The molecule has 5 heterocycles. The first-order valence-electron chi connectivity index (χ1n) is 31.6. The van der Waals surface area contributed by atoms with E-state index in [9.17, 15) is 97.0 Å². The number of hydrogen-bond donors (Lipinski definition) is 19. The molecular formula is C60H102O29. The average Bonchev–Trinajstić information content (AvgIpc) is 1.68. The number of aliphatic hydroxyl groups excluding tert-OH is 18. The summed E-state index contributed by atoms with van der Waals surface area (Å²) in [4.78, 5) is 0. The van der Waals surface area contributed by atoms with Crippen molar-refractivity contribution in [3.8, 4) is 0 Å². The normalized spacial score (nSPS) is 51.8. The van der Waals surface area contributed by atoms with Crippen molar-refractivity contribution in [3.05, 3.63) is 11.6 Å². The van der Waals surface area contributed by atoms with Gasteiger partial charge in [0, 0.05) is 10.8 Å². The van der Waals surface area contributed by atoms with E-state index in [1.165, 1.54) is 13.8 Å². The monoisotopic (exact) mass is 1290 g/mol. The number of hydrogen-bond acceptors (Lipinski definition) is 29. The fourth-order valence-corrected chi connectivity index (χ4v) is 17.1. The van der Waals surface area contributed by atoms with Crippen molar-refractivity contribution in [2.75, 3.05) is 33.0 Å². The van der Waals surface area contributed by atoms with Gasteiger partial charge in [0.05, 0.1) is 56.9 Å². The third kappa shape index (κ3) is 13.0. The van der Waals surface area contributed by atoms with Crippen LogP contribution in [0.4, 0.5) is 0 Å². The smallest absolute Gasteiger partial charge is 0.187 e. The molecule has 4 aliphatic carbocycles. The van der Waals surface area contributed by atoms with Crippen LogP contribution in [0.1, 0.15) is 107 Å². The van der Waals surface area contributed by atoms with Gasteiger partial charge in [-0.2, -0.15) is 0 Å². The van der Waals surface area contributed by atoms with Gasteiger partial charge in [0.2, 0.25) is 0 Å². The van der Waals surface area contributed by atoms with Gasteiger partial charge in [0.15, 0.2) is 31.5 Å². The number of fused-ring (bicyclic) bond motifs is 5.